The molecule has 1 amide bonds. The molecule has 7 heteroatoms. The summed E-state index contributed by atoms with van der Waals surface area (Å²) in [5.74, 6) is -0.228. The molecule has 0 bridgehead atoms. The number of aryl methyl sites for hydroxylation is 1. The standard InChI is InChI=1S/C22H20N4O2S/c27-20(23-14-6-11-21-24-18-9-4-5-10-19(18)29-21)15-26-22(28)13-12-17(25-26)16-7-2-1-3-8-16/h1-5,7-10,12-13H,6,11,14-15H2,(H,23,27). The van der Waals surface area contributed by atoms with Crippen LogP contribution in [0.5, 0.6) is 0 Å². The minimum absolute atomic E-state index is 0.0966. The number of thiazole rings is 1. The van der Waals surface area contributed by atoms with E-state index < -0.39 is 0 Å². The zero-order valence-electron chi connectivity index (χ0n) is 15.7. The first kappa shape index (κ1) is 19.0. The maximum Gasteiger partial charge on any atom is 0.267 e. The van der Waals surface area contributed by atoms with E-state index in [1.54, 1.807) is 17.4 Å². The van der Waals surface area contributed by atoms with Gasteiger partial charge in [0, 0.05) is 24.6 Å². The SMILES string of the molecule is O=C(Cn1nc(-c2ccccc2)ccc1=O)NCCCc1nc2ccccc2s1. The van der Waals surface area contributed by atoms with Gasteiger partial charge in [-0.05, 0) is 24.6 Å². The molecule has 0 atom stereocenters. The van der Waals surface area contributed by atoms with Gasteiger partial charge in [-0.1, -0.05) is 42.5 Å². The summed E-state index contributed by atoms with van der Waals surface area (Å²) in [5, 5.41) is 8.24. The van der Waals surface area contributed by atoms with Crippen LogP contribution in [0, 0.1) is 0 Å². The van der Waals surface area contributed by atoms with E-state index in [-0.39, 0.29) is 18.0 Å². The molecular weight excluding hydrogens is 384 g/mol. The van der Waals surface area contributed by atoms with Crippen molar-refractivity contribution in [1.29, 1.82) is 0 Å². The van der Waals surface area contributed by atoms with Gasteiger partial charge < -0.3 is 5.32 Å². The summed E-state index contributed by atoms with van der Waals surface area (Å²) in [4.78, 5) is 28.9. The van der Waals surface area contributed by atoms with Crippen molar-refractivity contribution >= 4 is 27.5 Å². The first-order valence-electron chi connectivity index (χ1n) is 9.44. The van der Waals surface area contributed by atoms with Crippen LogP contribution in [0.4, 0.5) is 0 Å². The number of aromatic nitrogens is 3. The summed E-state index contributed by atoms with van der Waals surface area (Å²) in [6.45, 7) is 0.433. The molecule has 0 radical (unpaired) electrons. The smallest absolute Gasteiger partial charge is 0.267 e. The van der Waals surface area contributed by atoms with Gasteiger partial charge >= 0.3 is 0 Å². The first-order valence-corrected chi connectivity index (χ1v) is 10.3. The summed E-state index contributed by atoms with van der Waals surface area (Å²) in [7, 11) is 0. The maximum absolute atomic E-state index is 12.2. The van der Waals surface area contributed by atoms with Gasteiger partial charge in [0.05, 0.1) is 20.9 Å². The molecule has 0 saturated carbocycles. The molecule has 4 rings (SSSR count). The van der Waals surface area contributed by atoms with E-state index in [9.17, 15) is 9.59 Å². The molecule has 1 N–H and O–H groups in total. The molecule has 4 aromatic rings. The fraction of sp³-hybridized carbons (Fsp3) is 0.182. The van der Waals surface area contributed by atoms with E-state index in [2.05, 4.69) is 21.5 Å². The minimum Gasteiger partial charge on any atom is -0.354 e. The Balaban J connectivity index is 1.31. The normalized spacial score (nSPS) is 10.9. The number of hydrogen-bond donors (Lipinski definition) is 1. The summed E-state index contributed by atoms with van der Waals surface area (Å²) < 4.78 is 2.38. The molecule has 0 aliphatic heterocycles. The molecule has 6 nitrogen and oxygen atoms in total. The Hall–Kier alpha value is -3.32. The zero-order chi connectivity index (χ0) is 20.1. The van der Waals surface area contributed by atoms with Gasteiger partial charge in [0.1, 0.15) is 6.54 Å². The molecule has 2 aromatic carbocycles. The third-order valence-electron chi connectivity index (χ3n) is 4.46. The highest BCUT2D eigenvalue weighted by atomic mass is 32.1. The molecule has 2 heterocycles. The van der Waals surface area contributed by atoms with E-state index in [1.165, 1.54) is 15.4 Å². The number of hydrogen-bond acceptors (Lipinski definition) is 5. The molecule has 2 aromatic heterocycles. The molecule has 0 fully saturated rings. The van der Waals surface area contributed by atoms with Crippen LogP contribution >= 0.6 is 11.3 Å². The lowest BCUT2D eigenvalue weighted by molar-refractivity contribution is -0.121. The van der Waals surface area contributed by atoms with Gasteiger partial charge in [0.15, 0.2) is 0 Å². The molecule has 0 unspecified atom stereocenters. The Morgan fingerprint density at radius 3 is 2.62 bits per heavy atom. The number of amides is 1. The highest BCUT2D eigenvalue weighted by molar-refractivity contribution is 7.18. The second-order valence-corrected chi connectivity index (χ2v) is 7.72. The van der Waals surface area contributed by atoms with Crippen LogP contribution in [0.25, 0.3) is 21.5 Å². The number of para-hydroxylation sites is 1. The lowest BCUT2D eigenvalue weighted by atomic mass is 10.1. The first-order chi connectivity index (χ1) is 14.2. The molecule has 0 saturated heterocycles. The second kappa shape index (κ2) is 8.79. The van der Waals surface area contributed by atoms with Gasteiger partial charge in [0.2, 0.25) is 5.91 Å². The Morgan fingerprint density at radius 1 is 1.00 bits per heavy atom. The van der Waals surface area contributed by atoms with Crippen molar-refractivity contribution < 1.29 is 4.79 Å². The highest BCUT2D eigenvalue weighted by Gasteiger charge is 2.08. The summed E-state index contributed by atoms with van der Waals surface area (Å²) >= 11 is 1.68. The average molecular weight is 404 g/mol. The van der Waals surface area contributed by atoms with Crippen LogP contribution in [-0.2, 0) is 17.8 Å². The van der Waals surface area contributed by atoms with Gasteiger partial charge in [0.25, 0.3) is 5.56 Å². The molecule has 146 valence electrons. The Bertz CT molecular complexity index is 1150. The molecule has 0 spiro atoms. The van der Waals surface area contributed by atoms with Crippen LogP contribution in [0.2, 0.25) is 0 Å². The van der Waals surface area contributed by atoms with Gasteiger partial charge in [-0.3, -0.25) is 9.59 Å². The molecule has 29 heavy (non-hydrogen) atoms. The predicted molar refractivity (Wildman–Crippen MR) is 115 cm³/mol. The van der Waals surface area contributed by atoms with Crippen molar-refractivity contribution in [2.45, 2.75) is 19.4 Å². The topological polar surface area (TPSA) is 76.9 Å². The zero-order valence-corrected chi connectivity index (χ0v) is 16.6. The van der Waals surface area contributed by atoms with Crippen LogP contribution in [0.15, 0.2) is 71.5 Å². The van der Waals surface area contributed by atoms with Crippen LogP contribution in [0.1, 0.15) is 11.4 Å². The van der Waals surface area contributed by atoms with Crippen molar-refractivity contribution in [3.05, 3.63) is 82.1 Å². The number of nitrogens with one attached hydrogen (secondary N) is 1. The molecule has 0 aliphatic carbocycles. The number of carbonyl (C=O) groups excluding carboxylic acids is 1. The third kappa shape index (κ3) is 4.75. The second-order valence-electron chi connectivity index (χ2n) is 6.61. The van der Waals surface area contributed by atoms with Crippen molar-refractivity contribution in [2.75, 3.05) is 6.54 Å². The number of nitrogens with zero attached hydrogens (tertiary/aromatic N) is 3. The van der Waals surface area contributed by atoms with Crippen molar-refractivity contribution in [3.8, 4) is 11.3 Å². The van der Waals surface area contributed by atoms with Crippen LogP contribution in [-0.4, -0.2) is 27.2 Å². The van der Waals surface area contributed by atoms with E-state index in [1.807, 2.05) is 48.5 Å². The van der Waals surface area contributed by atoms with Crippen LogP contribution in [0.3, 0.4) is 0 Å². The van der Waals surface area contributed by atoms with E-state index in [4.69, 9.17) is 0 Å². The van der Waals surface area contributed by atoms with Gasteiger partial charge in [-0.2, -0.15) is 5.10 Å². The predicted octanol–water partition coefficient (Wildman–Crippen LogP) is 3.27. The van der Waals surface area contributed by atoms with Crippen molar-refractivity contribution in [2.24, 2.45) is 0 Å². The highest BCUT2D eigenvalue weighted by Crippen LogP contribution is 2.22. The van der Waals surface area contributed by atoms with E-state index in [0.717, 1.165) is 28.9 Å². The number of carbonyl (C=O) groups is 1. The lowest BCUT2D eigenvalue weighted by Gasteiger charge is -2.08. The average Bonchev–Trinajstić information content (AvgIpc) is 3.16. The fourth-order valence-corrected chi connectivity index (χ4v) is 4.02. The van der Waals surface area contributed by atoms with E-state index >= 15 is 0 Å². The summed E-state index contributed by atoms with van der Waals surface area (Å²) in [6, 6.07) is 20.7. The largest absolute Gasteiger partial charge is 0.354 e. The summed E-state index contributed by atoms with van der Waals surface area (Å²) in [5.41, 5.74) is 2.28. The monoisotopic (exact) mass is 404 g/mol. The van der Waals surface area contributed by atoms with Crippen molar-refractivity contribution in [1.82, 2.24) is 20.1 Å². The van der Waals surface area contributed by atoms with Crippen molar-refractivity contribution in [3.63, 3.8) is 0 Å². The van der Waals surface area contributed by atoms with Gasteiger partial charge in [-0.15, -0.1) is 11.3 Å². The third-order valence-corrected chi connectivity index (χ3v) is 5.55. The van der Waals surface area contributed by atoms with E-state index in [0.29, 0.717) is 12.2 Å². The van der Waals surface area contributed by atoms with Gasteiger partial charge in [-0.25, -0.2) is 9.67 Å². The Labute approximate surface area is 171 Å². The minimum atomic E-state index is -0.297. The Morgan fingerprint density at radius 2 is 1.79 bits per heavy atom. The molecular formula is C22H20N4O2S. The summed E-state index contributed by atoms with van der Waals surface area (Å²) in [6.07, 6.45) is 1.60. The van der Waals surface area contributed by atoms with Crippen LogP contribution < -0.4 is 10.9 Å². The molecule has 0 aliphatic rings. The Kier molecular flexibility index (Phi) is 5.76. The number of rotatable bonds is 7. The number of benzene rings is 2. The maximum atomic E-state index is 12.2. The lowest BCUT2D eigenvalue weighted by Crippen LogP contribution is -2.34. The quantitative estimate of drug-likeness (QED) is 0.480. The number of fused-ring (bicyclic) bond motifs is 1. The fourth-order valence-electron chi connectivity index (χ4n) is 3.01.